The van der Waals surface area contributed by atoms with Gasteiger partial charge in [0.15, 0.2) is 11.0 Å². The van der Waals surface area contributed by atoms with Crippen LogP contribution in [0.1, 0.15) is 12.5 Å². The van der Waals surface area contributed by atoms with Gasteiger partial charge in [0.05, 0.1) is 29.2 Å². The number of methoxy groups -OCH3 is 1. The monoisotopic (exact) mass is 489 g/mol. The van der Waals surface area contributed by atoms with Crippen molar-refractivity contribution in [1.29, 1.82) is 5.26 Å². The summed E-state index contributed by atoms with van der Waals surface area (Å²) in [6, 6.07) is 23.8. The minimum Gasteiger partial charge on any atom is -0.496 e. The van der Waals surface area contributed by atoms with Crippen LogP contribution >= 0.6 is 23.4 Å². The zero-order valence-electron chi connectivity index (χ0n) is 18.4. The predicted molar refractivity (Wildman–Crippen MR) is 133 cm³/mol. The van der Waals surface area contributed by atoms with Crippen molar-refractivity contribution < 1.29 is 9.53 Å². The highest BCUT2D eigenvalue weighted by Crippen LogP contribution is 2.34. The molecule has 3 aromatic carbocycles. The number of nitrogens with one attached hydrogen (secondary N) is 1. The van der Waals surface area contributed by atoms with Gasteiger partial charge in [-0.15, -0.1) is 10.2 Å². The van der Waals surface area contributed by atoms with E-state index in [2.05, 4.69) is 21.6 Å². The number of anilines is 1. The fraction of sp³-hybridized carbons (Fsp3) is 0.120. The lowest BCUT2D eigenvalue weighted by Gasteiger charge is -2.15. The van der Waals surface area contributed by atoms with Crippen LogP contribution in [0.25, 0.3) is 17.1 Å². The average molecular weight is 490 g/mol. The number of hydrogen-bond donors (Lipinski definition) is 1. The van der Waals surface area contributed by atoms with Gasteiger partial charge in [-0.3, -0.25) is 9.36 Å². The third-order valence-electron chi connectivity index (χ3n) is 5.02. The first-order chi connectivity index (χ1) is 16.5. The minimum absolute atomic E-state index is 0.253. The number of hydrogen-bond acceptors (Lipinski definition) is 6. The van der Waals surface area contributed by atoms with Gasteiger partial charge in [-0.05, 0) is 55.5 Å². The van der Waals surface area contributed by atoms with Gasteiger partial charge in [-0.1, -0.05) is 47.6 Å². The Bertz CT molecular complexity index is 1360. The van der Waals surface area contributed by atoms with E-state index in [4.69, 9.17) is 16.3 Å². The highest BCUT2D eigenvalue weighted by atomic mass is 35.5. The van der Waals surface area contributed by atoms with Crippen molar-refractivity contribution in [3.8, 4) is 28.9 Å². The number of aromatic nitrogens is 3. The lowest BCUT2D eigenvalue weighted by molar-refractivity contribution is -0.115. The quantitative estimate of drug-likeness (QED) is 0.340. The molecular formula is C25H20ClN5O2S. The number of rotatable bonds is 7. The number of thioether (sulfide) groups is 1. The van der Waals surface area contributed by atoms with E-state index in [0.717, 1.165) is 11.3 Å². The topological polar surface area (TPSA) is 92.8 Å². The number of carbonyl (C=O) groups excluding carboxylic acids is 1. The Morgan fingerprint density at radius 3 is 2.53 bits per heavy atom. The van der Waals surface area contributed by atoms with Crippen LogP contribution in [0.3, 0.4) is 0 Å². The van der Waals surface area contributed by atoms with Crippen molar-refractivity contribution in [2.75, 3.05) is 12.4 Å². The molecule has 1 N–H and O–H groups in total. The molecule has 4 rings (SSSR count). The number of para-hydroxylation sites is 2. The Morgan fingerprint density at radius 1 is 1.09 bits per heavy atom. The Hall–Kier alpha value is -3.80. The average Bonchev–Trinajstić information content (AvgIpc) is 3.27. The van der Waals surface area contributed by atoms with Gasteiger partial charge in [0.25, 0.3) is 0 Å². The summed E-state index contributed by atoms with van der Waals surface area (Å²) in [7, 11) is 1.60. The molecule has 1 unspecified atom stereocenters. The van der Waals surface area contributed by atoms with Crippen molar-refractivity contribution in [1.82, 2.24) is 14.8 Å². The summed E-state index contributed by atoms with van der Waals surface area (Å²) >= 11 is 7.36. The molecule has 170 valence electrons. The largest absolute Gasteiger partial charge is 0.496 e. The van der Waals surface area contributed by atoms with E-state index in [1.54, 1.807) is 50.4 Å². The number of amides is 1. The molecule has 0 aliphatic rings. The van der Waals surface area contributed by atoms with E-state index in [-0.39, 0.29) is 5.91 Å². The molecule has 4 aromatic rings. The molecule has 1 amide bonds. The van der Waals surface area contributed by atoms with Crippen molar-refractivity contribution in [3.63, 3.8) is 0 Å². The van der Waals surface area contributed by atoms with Crippen LogP contribution in [0.15, 0.2) is 78.0 Å². The normalized spacial score (nSPS) is 11.5. The fourth-order valence-electron chi connectivity index (χ4n) is 3.31. The molecule has 0 spiro atoms. The van der Waals surface area contributed by atoms with E-state index in [0.29, 0.717) is 33.0 Å². The molecule has 0 aliphatic carbocycles. The Morgan fingerprint density at radius 2 is 1.79 bits per heavy atom. The molecule has 9 heteroatoms. The number of nitriles is 1. The van der Waals surface area contributed by atoms with Crippen molar-refractivity contribution in [2.24, 2.45) is 0 Å². The van der Waals surface area contributed by atoms with Crippen LogP contribution in [0, 0.1) is 11.3 Å². The lowest BCUT2D eigenvalue weighted by atomic mass is 10.2. The summed E-state index contributed by atoms with van der Waals surface area (Å²) in [4.78, 5) is 12.9. The van der Waals surface area contributed by atoms with E-state index in [1.807, 2.05) is 41.0 Å². The smallest absolute Gasteiger partial charge is 0.237 e. The van der Waals surface area contributed by atoms with Crippen LogP contribution in [0.5, 0.6) is 5.75 Å². The molecule has 1 heterocycles. The first kappa shape index (κ1) is 23.4. The molecular weight excluding hydrogens is 470 g/mol. The third-order valence-corrected chi connectivity index (χ3v) is 6.32. The maximum atomic E-state index is 12.9. The molecule has 1 aromatic heterocycles. The van der Waals surface area contributed by atoms with E-state index < -0.39 is 5.25 Å². The van der Waals surface area contributed by atoms with E-state index in [9.17, 15) is 10.1 Å². The van der Waals surface area contributed by atoms with Gasteiger partial charge in [0.2, 0.25) is 5.91 Å². The summed E-state index contributed by atoms with van der Waals surface area (Å²) < 4.78 is 7.39. The zero-order chi connectivity index (χ0) is 24.1. The predicted octanol–water partition coefficient (Wildman–Crippen LogP) is 5.59. The molecule has 34 heavy (non-hydrogen) atoms. The number of benzene rings is 3. The molecule has 0 saturated heterocycles. The molecule has 0 radical (unpaired) electrons. The SMILES string of the molecule is COc1ccccc1-c1nnc(SC(C)C(=O)Nc2ccccc2C#N)n1-c1ccc(Cl)cc1. The number of halogens is 1. The van der Waals surface area contributed by atoms with E-state index >= 15 is 0 Å². The van der Waals surface area contributed by atoms with Crippen LogP contribution in [-0.2, 0) is 4.79 Å². The first-order valence-electron chi connectivity index (χ1n) is 10.3. The summed E-state index contributed by atoms with van der Waals surface area (Å²) in [6.07, 6.45) is 0. The second-order valence-electron chi connectivity index (χ2n) is 7.23. The third kappa shape index (κ3) is 4.91. The molecule has 0 bridgehead atoms. The summed E-state index contributed by atoms with van der Waals surface area (Å²) in [5, 5.41) is 21.5. The fourth-order valence-corrected chi connectivity index (χ4v) is 4.30. The minimum atomic E-state index is -0.521. The number of carbonyl (C=O) groups is 1. The zero-order valence-corrected chi connectivity index (χ0v) is 20.0. The van der Waals surface area contributed by atoms with Gasteiger partial charge >= 0.3 is 0 Å². The van der Waals surface area contributed by atoms with Crippen LogP contribution in [0.2, 0.25) is 5.02 Å². The lowest BCUT2D eigenvalue weighted by Crippen LogP contribution is -2.23. The van der Waals surface area contributed by atoms with Crippen LogP contribution in [0.4, 0.5) is 5.69 Å². The van der Waals surface area contributed by atoms with Gasteiger partial charge in [0, 0.05) is 10.7 Å². The van der Waals surface area contributed by atoms with Crippen molar-refractivity contribution in [3.05, 3.63) is 83.4 Å². The highest BCUT2D eigenvalue weighted by molar-refractivity contribution is 8.00. The Balaban J connectivity index is 1.69. The Labute approximate surface area is 206 Å². The Kier molecular flexibility index (Phi) is 7.16. The van der Waals surface area contributed by atoms with Gasteiger partial charge in [-0.25, -0.2) is 0 Å². The standard InChI is InChI=1S/C25H20ClN5O2S/c1-16(24(32)28-21-9-5-3-7-17(21)15-27)34-25-30-29-23(20-8-4-6-10-22(20)33-2)31(25)19-13-11-18(26)12-14-19/h3-14,16H,1-2H3,(H,28,32). The van der Waals surface area contributed by atoms with Crippen LogP contribution in [-0.4, -0.2) is 33.0 Å². The number of ether oxygens (including phenoxy) is 1. The van der Waals surface area contributed by atoms with Gasteiger partial charge in [0.1, 0.15) is 11.8 Å². The summed E-state index contributed by atoms with van der Waals surface area (Å²) in [5.41, 5.74) is 2.42. The van der Waals surface area contributed by atoms with Gasteiger partial charge in [-0.2, -0.15) is 5.26 Å². The molecule has 1 atom stereocenters. The number of nitrogens with zero attached hydrogens (tertiary/aromatic N) is 4. The van der Waals surface area contributed by atoms with Crippen molar-refractivity contribution >= 4 is 35.0 Å². The second-order valence-corrected chi connectivity index (χ2v) is 8.97. The van der Waals surface area contributed by atoms with Crippen molar-refractivity contribution in [2.45, 2.75) is 17.3 Å². The maximum Gasteiger partial charge on any atom is 0.237 e. The van der Waals surface area contributed by atoms with E-state index in [1.165, 1.54) is 11.8 Å². The molecule has 0 fully saturated rings. The summed E-state index contributed by atoms with van der Waals surface area (Å²) in [6.45, 7) is 1.78. The highest BCUT2D eigenvalue weighted by Gasteiger charge is 2.23. The summed E-state index contributed by atoms with van der Waals surface area (Å²) in [5.74, 6) is 0.975. The van der Waals surface area contributed by atoms with Crippen LogP contribution < -0.4 is 10.1 Å². The van der Waals surface area contributed by atoms with Gasteiger partial charge < -0.3 is 10.1 Å². The molecule has 0 aliphatic heterocycles. The first-order valence-corrected chi connectivity index (χ1v) is 11.6. The second kappa shape index (κ2) is 10.4. The molecule has 0 saturated carbocycles. The molecule has 7 nitrogen and oxygen atoms in total. The maximum absolute atomic E-state index is 12.9.